The Balaban J connectivity index is 1.26. The first-order valence-electron chi connectivity index (χ1n) is 14.0. The number of carbonyl (C=O) groups excluding carboxylic acids is 2. The molecule has 1 saturated heterocycles. The smallest absolute Gasteiger partial charge is 0.377 e. The number of imidazole rings is 1. The summed E-state index contributed by atoms with van der Waals surface area (Å²) in [7, 11) is 3.83. The number of fused-ring (bicyclic) bond motifs is 1. The number of allylic oxidation sites excluding steroid dienone is 2. The number of rotatable bonds is 8. The highest BCUT2D eigenvalue weighted by Gasteiger charge is 2.28. The van der Waals surface area contributed by atoms with Crippen LogP contribution in [0.3, 0.4) is 0 Å². The van der Waals surface area contributed by atoms with Gasteiger partial charge in [-0.2, -0.15) is 18.3 Å². The van der Waals surface area contributed by atoms with Gasteiger partial charge in [-0.15, -0.1) is 0 Å². The lowest BCUT2D eigenvalue weighted by Crippen LogP contribution is -2.44. The van der Waals surface area contributed by atoms with E-state index in [1.54, 1.807) is 60.0 Å². The SMILES string of the molecule is C=C/C(=C\N(C)C1CCN(C(=O)c2cnn(C)c2)CC1)c1ccc2c(c1)ncn2-c1cccc(NC(=O)NCC(F)(F)F)c1. The van der Waals surface area contributed by atoms with Gasteiger partial charge >= 0.3 is 12.2 Å². The third kappa shape index (κ3) is 7.10. The minimum absolute atomic E-state index is 0.00341. The van der Waals surface area contributed by atoms with E-state index in [-0.39, 0.29) is 11.9 Å². The number of anilines is 1. The molecule has 2 aromatic carbocycles. The van der Waals surface area contributed by atoms with Crippen molar-refractivity contribution in [2.75, 3.05) is 32.0 Å². The van der Waals surface area contributed by atoms with Crippen LogP contribution in [0.2, 0.25) is 0 Å². The van der Waals surface area contributed by atoms with Crippen molar-refractivity contribution in [2.45, 2.75) is 25.1 Å². The van der Waals surface area contributed by atoms with Crippen LogP contribution in [0, 0.1) is 0 Å². The summed E-state index contributed by atoms with van der Waals surface area (Å²) < 4.78 is 40.7. The second-order valence-corrected chi connectivity index (χ2v) is 10.7. The van der Waals surface area contributed by atoms with Crippen LogP contribution in [0.15, 0.2) is 80.0 Å². The minimum Gasteiger partial charge on any atom is -0.377 e. The number of aryl methyl sites for hydroxylation is 1. The molecule has 2 N–H and O–H groups in total. The molecule has 2 aromatic heterocycles. The average molecular weight is 607 g/mol. The summed E-state index contributed by atoms with van der Waals surface area (Å²) in [4.78, 5) is 33.3. The van der Waals surface area contributed by atoms with E-state index in [2.05, 4.69) is 33.1 Å². The van der Waals surface area contributed by atoms with Crippen molar-refractivity contribution < 1.29 is 22.8 Å². The average Bonchev–Trinajstić information content (AvgIpc) is 3.64. The molecule has 3 amide bonds. The molecule has 0 radical (unpaired) electrons. The second-order valence-electron chi connectivity index (χ2n) is 10.7. The van der Waals surface area contributed by atoms with E-state index in [1.807, 2.05) is 40.8 Å². The number of halogens is 3. The van der Waals surface area contributed by atoms with Gasteiger partial charge < -0.3 is 20.4 Å². The van der Waals surface area contributed by atoms with Crippen molar-refractivity contribution in [3.63, 3.8) is 0 Å². The van der Waals surface area contributed by atoms with Gasteiger partial charge in [0.2, 0.25) is 0 Å². The normalized spacial score (nSPS) is 14.5. The highest BCUT2D eigenvalue weighted by Crippen LogP contribution is 2.26. The fourth-order valence-corrected chi connectivity index (χ4v) is 5.25. The maximum absolute atomic E-state index is 12.8. The van der Waals surface area contributed by atoms with Gasteiger partial charge in [-0.25, -0.2) is 9.78 Å². The molecule has 1 fully saturated rings. The number of amides is 3. The van der Waals surface area contributed by atoms with Crippen molar-refractivity contribution in [3.8, 4) is 5.69 Å². The minimum atomic E-state index is -4.50. The number of carbonyl (C=O) groups is 2. The number of nitrogens with one attached hydrogen (secondary N) is 2. The molecule has 0 unspecified atom stereocenters. The number of hydrogen-bond donors (Lipinski definition) is 2. The van der Waals surface area contributed by atoms with Gasteiger partial charge in [0.1, 0.15) is 12.9 Å². The molecule has 4 aromatic rings. The van der Waals surface area contributed by atoms with Gasteiger partial charge in [0.15, 0.2) is 0 Å². The Kier molecular flexibility index (Phi) is 8.74. The zero-order valence-corrected chi connectivity index (χ0v) is 24.4. The third-order valence-corrected chi connectivity index (χ3v) is 7.55. The fraction of sp³-hybridized carbons (Fsp3) is 0.290. The van der Waals surface area contributed by atoms with E-state index >= 15 is 0 Å². The molecule has 1 aliphatic rings. The van der Waals surface area contributed by atoms with Crippen molar-refractivity contribution >= 4 is 34.2 Å². The molecule has 0 atom stereocenters. The molecule has 10 nitrogen and oxygen atoms in total. The van der Waals surface area contributed by atoms with Gasteiger partial charge in [0.25, 0.3) is 5.91 Å². The number of hydrogen-bond acceptors (Lipinski definition) is 5. The number of nitrogens with zero attached hydrogens (tertiary/aromatic N) is 6. The van der Waals surface area contributed by atoms with Gasteiger partial charge in [0.05, 0.1) is 22.8 Å². The van der Waals surface area contributed by atoms with Crippen LogP contribution in [0.5, 0.6) is 0 Å². The number of piperidine rings is 1. The highest BCUT2D eigenvalue weighted by atomic mass is 19.4. The lowest BCUT2D eigenvalue weighted by Gasteiger charge is -2.36. The largest absolute Gasteiger partial charge is 0.405 e. The van der Waals surface area contributed by atoms with Gasteiger partial charge in [0, 0.05) is 57.0 Å². The molecule has 44 heavy (non-hydrogen) atoms. The molecule has 0 spiro atoms. The van der Waals surface area contributed by atoms with Crippen LogP contribution in [0.25, 0.3) is 22.3 Å². The van der Waals surface area contributed by atoms with Gasteiger partial charge in [-0.05, 0) is 54.3 Å². The Morgan fingerprint density at radius 3 is 2.59 bits per heavy atom. The van der Waals surface area contributed by atoms with Crippen molar-refractivity contribution in [1.29, 1.82) is 0 Å². The van der Waals surface area contributed by atoms with E-state index < -0.39 is 18.8 Å². The molecule has 0 aliphatic carbocycles. The standard InChI is InChI=1S/C31H33F3N8O2/c1-4-21(17-39(2)25-10-12-41(13-11-25)29(43)23-16-37-40(3)18-23)22-8-9-28-27(14-22)36-20-42(28)26-7-5-6-24(15-26)38-30(44)35-19-31(32,33)34/h4-9,14-18,20,25H,1,10-13,19H2,2-3H3,(H2,35,38,44)/b21-17+. The molecule has 0 bridgehead atoms. The lowest BCUT2D eigenvalue weighted by atomic mass is 10.0. The summed E-state index contributed by atoms with van der Waals surface area (Å²) in [5, 5.41) is 8.32. The van der Waals surface area contributed by atoms with Gasteiger partial charge in [-0.3, -0.25) is 14.0 Å². The number of aromatic nitrogens is 4. The zero-order valence-electron chi connectivity index (χ0n) is 24.4. The molecular formula is C31H33F3N8O2. The predicted molar refractivity (Wildman–Crippen MR) is 162 cm³/mol. The molecular weight excluding hydrogens is 573 g/mol. The number of likely N-dealkylation sites (tertiary alicyclic amines) is 1. The molecule has 1 aliphatic heterocycles. The van der Waals surface area contributed by atoms with Crippen LogP contribution in [-0.4, -0.2) is 80.0 Å². The first-order chi connectivity index (χ1) is 21.0. The first-order valence-corrected chi connectivity index (χ1v) is 14.0. The summed E-state index contributed by atoms with van der Waals surface area (Å²) in [6.07, 6.45) is 6.03. The third-order valence-electron chi connectivity index (χ3n) is 7.55. The highest BCUT2D eigenvalue weighted by molar-refractivity contribution is 5.94. The summed E-state index contributed by atoms with van der Waals surface area (Å²) in [5.41, 5.74) is 5.03. The maximum atomic E-state index is 12.8. The predicted octanol–water partition coefficient (Wildman–Crippen LogP) is 5.21. The lowest BCUT2D eigenvalue weighted by molar-refractivity contribution is -0.122. The van der Waals surface area contributed by atoms with Crippen LogP contribution in [0.1, 0.15) is 28.8 Å². The quantitative estimate of drug-likeness (QED) is 0.269. The zero-order chi connectivity index (χ0) is 31.4. The van der Waals surface area contributed by atoms with Crippen LogP contribution in [-0.2, 0) is 7.05 Å². The topological polar surface area (TPSA) is 100 Å². The summed E-state index contributed by atoms with van der Waals surface area (Å²) in [5.74, 6) is 0.00341. The van der Waals surface area contributed by atoms with Crippen LogP contribution in [0.4, 0.5) is 23.7 Å². The Bertz CT molecular complexity index is 1700. The first kappa shape index (κ1) is 30.4. The van der Waals surface area contributed by atoms with E-state index in [0.717, 1.165) is 35.0 Å². The Hall–Kier alpha value is -5.07. The van der Waals surface area contributed by atoms with Crippen LogP contribution < -0.4 is 10.6 Å². The molecule has 3 heterocycles. The van der Waals surface area contributed by atoms with E-state index in [9.17, 15) is 22.8 Å². The summed E-state index contributed by atoms with van der Waals surface area (Å²) in [6.45, 7) is 3.93. The van der Waals surface area contributed by atoms with E-state index in [4.69, 9.17) is 0 Å². The fourth-order valence-electron chi connectivity index (χ4n) is 5.25. The van der Waals surface area contributed by atoms with Crippen molar-refractivity contribution in [3.05, 3.63) is 91.2 Å². The van der Waals surface area contributed by atoms with Crippen molar-refractivity contribution in [1.82, 2.24) is 34.4 Å². The van der Waals surface area contributed by atoms with E-state index in [1.165, 1.54) is 0 Å². The molecule has 230 valence electrons. The van der Waals surface area contributed by atoms with Crippen molar-refractivity contribution in [2.24, 2.45) is 7.05 Å². The van der Waals surface area contributed by atoms with Crippen LogP contribution >= 0.6 is 0 Å². The maximum Gasteiger partial charge on any atom is 0.405 e. The molecule has 13 heteroatoms. The Labute approximate surface area is 252 Å². The summed E-state index contributed by atoms with van der Waals surface area (Å²) in [6, 6.07) is 12.0. The molecule has 5 rings (SSSR count). The number of urea groups is 1. The Morgan fingerprint density at radius 1 is 1.14 bits per heavy atom. The van der Waals surface area contributed by atoms with Gasteiger partial charge in [-0.1, -0.05) is 24.8 Å². The monoisotopic (exact) mass is 606 g/mol. The Morgan fingerprint density at radius 2 is 1.91 bits per heavy atom. The second kappa shape index (κ2) is 12.7. The number of alkyl halides is 3. The molecule has 0 saturated carbocycles. The number of benzene rings is 2. The summed E-state index contributed by atoms with van der Waals surface area (Å²) >= 11 is 0. The van der Waals surface area contributed by atoms with E-state index in [0.29, 0.717) is 30.0 Å².